The minimum Gasteiger partial charge on any atom is -0.493 e. The number of aliphatic hydroxyl groups excluding tert-OH is 2. The molecule has 0 spiro atoms. The highest BCUT2D eigenvalue weighted by Gasteiger charge is 2.12. The van der Waals surface area contributed by atoms with E-state index in [9.17, 15) is 5.11 Å². The van der Waals surface area contributed by atoms with Gasteiger partial charge >= 0.3 is 0 Å². The molecule has 2 rings (SSSR count). The highest BCUT2D eigenvalue weighted by Crippen LogP contribution is 2.33. The summed E-state index contributed by atoms with van der Waals surface area (Å²) in [6.45, 7) is 2.59. The van der Waals surface area contributed by atoms with Crippen LogP contribution < -0.4 is 4.74 Å². The maximum Gasteiger partial charge on any atom is 0.132 e. The van der Waals surface area contributed by atoms with Crippen LogP contribution in [0.3, 0.4) is 0 Å². The van der Waals surface area contributed by atoms with Crippen LogP contribution in [-0.4, -0.2) is 23.4 Å². The molecule has 2 aromatic rings. The van der Waals surface area contributed by atoms with Gasteiger partial charge < -0.3 is 14.9 Å². The van der Waals surface area contributed by atoms with Crippen LogP contribution >= 0.6 is 0 Å². The molecule has 1 unspecified atom stereocenters. The van der Waals surface area contributed by atoms with Crippen LogP contribution in [0.5, 0.6) is 5.75 Å². The summed E-state index contributed by atoms with van der Waals surface area (Å²) in [6, 6.07) is 12.0. The Labute approximate surface area is 119 Å². The minimum absolute atomic E-state index is 0.229. The molecule has 0 aliphatic carbocycles. The van der Waals surface area contributed by atoms with Gasteiger partial charge in [-0.05, 0) is 31.6 Å². The molecule has 0 radical (unpaired) electrons. The fourth-order valence-corrected chi connectivity index (χ4v) is 2.31. The Hall–Kier alpha value is -1.58. The van der Waals surface area contributed by atoms with E-state index in [1.807, 2.05) is 36.4 Å². The van der Waals surface area contributed by atoms with E-state index in [-0.39, 0.29) is 6.61 Å². The van der Waals surface area contributed by atoms with Crippen molar-refractivity contribution in [2.45, 2.75) is 32.3 Å². The van der Waals surface area contributed by atoms with Gasteiger partial charge in [-0.2, -0.15) is 0 Å². The van der Waals surface area contributed by atoms with E-state index < -0.39 is 6.10 Å². The number of hydrogen-bond acceptors (Lipinski definition) is 3. The van der Waals surface area contributed by atoms with Gasteiger partial charge in [-0.1, -0.05) is 36.4 Å². The van der Waals surface area contributed by atoms with Crippen molar-refractivity contribution in [2.24, 2.45) is 0 Å². The van der Waals surface area contributed by atoms with Gasteiger partial charge in [-0.3, -0.25) is 0 Å². The Morgan fingerprint density at radius 2 is 1.85 bits per heavy atom. The van der Waals surface area contributed by atoms with Gasteiger partial charge in [-0.15, -0.1) is 0 Å². The monoisotopic (exact) mass is 274 g/mol. The summed E-state index contributed by atoms with van der Waals surface area (Å²) < 4.78 is 5.92. The average molecular weight is 274 g/mol. The van der Waals surface area contributed by atoms with Crippen molar-refractivity contribution in [2.75, 3.05) is 13.2 Å². The zero-order valence-corrected chi connectivity index (χ0v) is 11.9. The maximum absolute atomic E-state index is 9.89. The molecule has 0 heterocycles. The highest BCUT2D eigenvalue weighted by molar-refractivity contribution is 5.89. The zero-order valence-electron chi connectivity index (χ0n) is 11.9. The zero-order chi connectivity index (χ0) is 14.4. The number of hydrogen-bond donors (Lipinski definition) is 2. The molecule has 0 aliphatic heterocycles. The summed E-state index contributed by atoms with van der Waals surface area (Å²) in [6.07, 6.45) is 2.11. The van der Waals surface area contributed by atoms with Crippen LogP contribution in [0.25, 0.3) is 10.8 Å². The van der Waals surface area contributed by atoms with Crippen molar-refractivity contribution in [1.29, 1.82) is 0 Å². The smallest absolute Gasteiger partial charge is 0.132 e. The number of ether oxygens (including phenoxy) is 1. The number of rotatable bonds is 7. The fourth-order valence-electron chi connectivity index (χ4n) is 2.31. The molecule has 0 saturated heterocycles. The van der Waals surface area contributed by atoms with E-state index in [4.69, 9.17) is 9.84 Å². The molecule has 1 atom stereocenters. The predicted octanol–water partition coefficient (Wildman–Crippen LogP) is 3.43. The van der Waals surface area contributed by atoms with E-state index in [0.717, 1.165) is 41.3 Å². The normalized spacial score (nSPS) is 12.6. The topological polar surface area (TPSA) is 49.7 Å². The summed E-state index contributed by atoms with van der Waals surface area (Å²) in [7, 11) is 0. The molecule has 2 aromatic carbocycles. The van der Waals surface area contributed by atoms with Crippen molar-refractivity contribution in [1.82, 2.24) is 0 Å². The Bertz CT molecular complexity index is 549. The summed E-state index contributed by atoms with van der Waals surface area (Å²) in [4.78, 5) is 0. The molecule has 108 valence electrons. The van der Waals surface area contributed by atoms with E-state index >= 15 is 0 Å². The van der Waals surface area contributed by atoms with Crippen molar-refractivity contribution >= 4 is 10.8 Å². The molecule has 20 heavy (non-hydrogen) atoms. The summed E-state index contributed by atoms with van der Waals surface area (Å²) in [5, 5.41) is 20.8. The van der Waals surface area contributed by atoms with E-state index in [1.54, 1.807) is 6.92 Å². The first kappa shape index (κ1) is 14.8. The summed E-state index contributed by atoms with van der Waals surface area (Å²) in [5.41, 5.74) is 0.825. The number of benzene rings is 2. The van der Waals surface area contributed by atoms with E-state index in [0.29, 0.717) is 6.61 Å². The van der Waals surface area contributed by atoms with Gasteiger partial charge in [0.25, 0.3) is 0 Å². The Kier molecular flexibility index (Phi) is 5.39. The quantitative estimate of drug-likeness (QED) is 0.760. The molecule has 0 aliphatic rings. The van der Waals surface area contributed by atoms with Crippen LogP contribution in [0.4, 0.5) is 0 Å². The number of fused-ring (bicyclic) bond motifs is 1. The van der Waals surface area contributed by atoms with Gasteiger partial charge in [-0.25, -0.2) is 0 Å². The van der Waals surface area contributed by atoms with Gasteiger partial charge in [0.2, 0.25) is 0 Å². The minimum atomic E-state index is -0.549. The Morgan fingerprint density at radius 1 is 1.05 bits per heavy atom. The number of unbranched alkanes of at least 4 members (excludes halogenated alkanes) is 2. The third kappa shape index (κ3) is 3.50. The molecule has 0 saturated carbocycles. The van der Waals surface area contributed by atoms with Crippen molar-refractivity contribution in [3.8, 4) is 5.75 Å². The first-order chi connectivity index (χ1) is 9.74. The lowest BCUT2D eigenvalue weighted by atomic mass is 10.0. The molecule has 0 bridgehead atoms. The van der Waals surface area contributed by atoms with Gasteiger partial charge in [0.1, 0.15) is 5.75 Å². The second kappa shape index (κ2) is 7.27. The molecule has 2 N–H and O–H groups in total. The SMILES string of the molecule is CC(O)c1ccc2ccccc2c1OCCCCCO. The lowest BCUT2D eigenvalue weighted by Gasteiger charge is -2.16. The number of aliphatic hydroxyl groups is 2. The maximum atomic E-state index is 9.89. The molecule has 0 fully saturated rings. The second-order valence-corrected chi connectivity index (χ2v) is 5.01. The van der Waals surface area contributed by atoms with Crippen LogP contribution in [0, 0.1) is 0 Å². The van der Waals surface area contributed by atoms with Crippen LogP contribution in [0.1, 0.15) is 37.9 Å². The molecule has 3 heteroatoms. The lowest BCUT2D eigenvalue weighted by molar-refractivity contribution is 0.191. The van der Waals surface area contributed by atoms with E-state index in [2.05, 4.69) is 0 Å². The summed E-state index contributed by atoms with van der Waals surface area (Å²) in [5.74, 6) is 0.780. The second-order valence-electron chi connectivity index (χ2n) is 5.01. The van der Waals surface area contributed by atoms with Crippen molar-refractivity contribution < 1.29 is 14.9 Å². The largest absolute Gasteiger partial charge is 0.493 e. The Balaban J connectivity index is 2.21. The van der Waals surface area contributed by atoms with Crippen molar-refractivity contribution in [3.63, 3.8) is 0 Å². The molecule has 0 amide bonds. The van der Waals surface area contributed by atoms with Crippen LogP contribution in [0.15, 0.2) is 36.4 Å². The van der Waals surface area contributed by atoms with E-state index in [1.165, 1.54) is 0 Å². The van der Waals surface area contributed by atoms with Gasteiger partial charge in [0.05, 0.1) is 12.7 Å². The van der Waals surface area contributed by atoms with Gasteiger partial charge in [0.15, 0.2) is 0 Å². The average Bonchev–Trinajstić information content (AvgIpc) is 2.46. The molecule has 0 aromatic heterocycles. The lowest BCUT2D eigenvalue weighted by Crippen LogP contribution is -2.03. The molecular weight excluding hydrogens is 252 g/mol. The third-order valence-corrected chi connectivity index (χ3v) is 3.41. The first-order valence-electron chi connectivity index (χ1n) is 7.17. The fraction of sp³-hybridized carbons (Fsp3) is 0.412. The Morgan fingerprint density at radius 3 is 2.60 bits per heavy atom. The van der Waals surface area contributed by atoms with Gasteiger partial charge in [0, 0.05) is 17.6 Å². The predicted molar refractivity (Wildman–Crippen MR) is 81.0 cm³/mol. The third-order valence-electron chi connectivity index (χ3n) is 3.41. The van der Waals surface area contributed by atoms with Crippen LogP contribution in [-0.2, 0) is 0 Å². The first-order valence-corrected chi connectivity index (χ1v) is 7.17. The molecular formula is C17H22O3. The van der Waals surface area contributed by atoms with Crippen molar-refractivity contribution in [3.05, 3.63) is 42.0 Å². The summed E-state index contributed by atoms with van der Waals surface area (Å²) >= 11 is 0. The highest BCUT2D eigenvalue weighted by atomic mass is 16.5. The molecule has 3 nitrogen and oxygen atoms in total. The standard InChI is InChI=1S/C17H22O3/c1-13(19)15-10-9-14-7-3-4-8-16(14)17(15)20-12-6-2-5-11-18/h3-4,7-10,13,18-19H,2,5-6,11-12H2,1H3. The van der Waals surface area contributed by atoms with Crippen LogP contribution in [0.2, 0.25) is 0 Å².